The summed E-state index contributed by atoms with van der Waals surface area (Å²) in [4.78, 5) is 16.0. The Bertz CT molecular complexity index is 609. The van der Waals surface area contributed by atoms with Crippen molar-refractivity contribution in [2.24, 2.45) is 0 Å². The second-order valence-corrected chi connectivity index (χ2v) is 5.37. The number of amides is 1. The first-order chi connectivity index (χ1) is 10.1. The molecule has 4 nitrogen and oxygen atoms in total. The Balaban J connectivity index is 1.84. The van der Waals surface area contributed by atoms with E-state index in [4.69, 9.17) is 23.2 Å². The molecule has 0 aliphatic rings. The second kappa shape index (κ2) is 7.41. The van der Waals surface area contributed by atoms with Crippen LogP contribution in [0.4, 0.5) is 5.69 Å². The van der Waals surface area contributed by atoms with E-state index in [1.165, 1.54) is 0 Å². The summed E-state index contributed by atoms with van der Waals surface area (Å²) in [5, 5.41) is 6.57. The van der Waals surface area contributed by atoms with Crippen LogP contribution in [0.25, 0.3) is 0 Å². The van der Waals surface area contributed by atoms with E-state index >= 15 is 0 Å². The zero-order chi connectivity index (χ0) is 15.2. The zero-order valence-corrected chi connectivity index (χ0v) is 13.0. The Labute approximate surface area is 133 Å². The molecule has 2 rings (SSSR count). The highest BCUT2D eigenvalue weighted by Crippen LogP contribution is 2.29. The fourth-order valence-corrected chi connectivity index (χ4v) is 2.22. The van der Waals surface area contributed by atoms with Crippen LogP contribution in [0.2, 0.25) is 10.0 Å². The summed E-state index contributed by atoms with van der Waals surface area (Å²) in [5.41, 5.74) is 2.42. The summed E-state index contributed by atoms with van der Waals surface area (Å²) in [5.74, 6) is -0.204. The first-order valence-electron chi connectivity index (χ1n) is 6.42. The van der Waals surface area contributed by atoms with E-state index in [1.54, 1.807) is 24.4 Å². The SMILES string of the molecule is Cc1ccc(CNCC(=O)Nc2c(Cl)cccc2Cl)cn1. The van der Waals surface area contributed by atoms with Crippen molar-refractivity contribution < 1.29 is 4.79 Å². The lowest BCUT2D eigenvalue weighted by molar-refractivity contribution is -0.115. The number of anilines is 1. The van der Waals surface area contributed by atoms with Gasteiger partial charge in [-0.3, -0.25) is 9.78 Å². The van der Waals surface area contributed by atoms with Gasteiger partial charge in [-0.2, -0.15) is 0 Å². The van der Waals surface area contributed by atoms with Crippen molar-refractivity contribution in [3.05, 3.63) is 57.8 Å². The monoisotopic (exact) mass is 323 g/mol. The summed E-state index contributed by atoms with van der Waals surface area (Å²) in [6.45, 7) is 2.66. The molecule has 2 aromatic rings. The smallest absolute Gasteiger partial charge is 0.238 e. The highest BCUT2D eigenvalue weighted by atomic mass is 35.5. The van der Waals surface area contributed by atoms with Gasteiger partial charge < -0.3 is 10.6 Å². The van der Waals surface area contributed by atoms with Gasteiger partial charge in [-0.1, -0.05) is 35.3 Å². The average molecular weight is 324 g/mol. The highest BCUT2D eigenvalue weighted by molar-refractivity contribution is 6.39. The summed E-state index contributed by atoms with van der Waals surface area (Å²) < 4.78 is 0. The predicted octanol–water partition coefficient (Wildman–Crippen LogP) is 3.43. The van der Waals surface area contributed by atoms with Gasteiger partial charge in [0.05, 0.1) is 22.3 Å². The quantitative estimate of drug-likeness (QED) is 0.886. The molecule has 110 valence electrons. The van der Waals surface area contributed by atoms with E-state index in [0.717, 1.165) is 11.3 Å². The van der Waals surface area contributed by atoms with E-state index in [1.807, 2.05) is 19.1 Å². The molecular formula is C15H15Cl2N3O. The van der Waals surface area contributed by atoms with Crippen LogP contribution < -0.4 is 10.6 Å². The number of nitrogens with zero attached hydrogens (tertiary/aromatic N) is 1. The minimum atomic E-state index is -0.204. The molecule has 0 unspecified atom stereocenters. The number of rotatable bonds is 5. The number of aryl methyl sites for hydroxylation is 1. The molecule has 0 aliphatic heterocycles. The number of para-hydroxylation sites is 1. The maximum atomic E-state index is 11.9. The Morgan fingerprint density at radius 1 is 1.19 bits per heavy atom. The second-order valence-electron chi connectivity index (χ2n) is 4.56. The van der Waals surface area contributed by atoms with Crippen molar-refractivity contribution in [3.63, 3.8) is 0 Å². The average Bonchev–Trinajstić information content (AvgIpc) is 2.45. The fourth-order valence-electron chi connectivity index (χ4n) is 1.72. The summed E-state index contributed by atoms with van der Waals surface area (Å²) in [7, 11) is 0. The van der Waals surface area contributed by atoms with Crippen LogP contribution in [0.1, 0.15) is 11.3 Å². The molecule has 1 amide bonds. The van der Waals surface area contributed by atoms with Gasteiger partial charge in [0, 0.05) is 18.4 Å². The van der Waals surface area contributed by atoms with E-state index in [9.17, 15) is 4.79 Å². The Kier molecular flexibility index (Phi) is 5.56. The van der Waals surface area contributed by atoms with Crippen molar-refractivity contribution >= 4 is 34.8 Å². The number of carbonyl (C=O) groups excluding carboxylic acids is 1. The van der Waals surface area contributed by atoms with Crippen molar-refractivity contribution in [3.8, 4) is 0 Å². The van der Waals surface area contributed by atoms with Gasteiger partial charge in [0.2, 0.25) is 5.91 Å². The molecule has 0 bridgehead atoms. The molecule has 1 aromatic carbocycles. The molecule has 0 radical (unpaired) electrons. The number of carbonyl (C=O) groups is 1. The number of nitrogens with one attached hydrogen (secondary N) is 2. The molecule has 1 heterocycles. The minimum absolute atomic E-state index is 0.162. The van der Waals surface area contributed by atoms with Gasteiger partial charge in [0.15, 0.2) is 0 Å². The number of benzene rings is 1. The van der Waals surface area contributed by atoms with E-state index in [2.05, 4.69) is 15.6 Å². The van der Waals surface area contributed by atoms with Gasteiger partial charge in [-0.05, 0) is 30.7 Å². The van der Waals surface area contributed by atoms with Crippen LogP contribution in [-0.2, 0) is 11.3 Å². The predicted molar refractivity (Wildman–Crippen MR) is 85.8 cm³/mol. The van der Waals surface area contributed by atoms with Crippen LogP contribution >= 0.6 is 23.2 Å². The third kappa shape index (κ3) is 4.70. The number of hydrogen-bond acceptors (Lipinski definition) is 3. The van der Waals surface area contributed by atoms with Gasteiger partial charge in [-0.25, -0.2) is 0 Å². The van der Waals surface area contributed by atoms with E-state index in [0.29, 0.717) is 22.3 Å². The fraction of sp³-hybridized carbons (Fsp3) is 0.200. The minimum Gasteiger partial charge on any atom is -0.322 e. The number of halogens is 2. The topological polar surface area (TPSA) is 54.0 Å². The van der Waals surface area contributed by atoms with Crippen LogP contribution in [0, 0.1) is 6.92 Å². The highest BCUT2D eigenvalue weighted by Gasteiger charge is 2.09. The number of pyridine rings is 1. The summed E-state index contributed by atoms with van der Waals surface area (Å²) in [6, 6.07) is 8.98. The third-order valence-electron chi connectivity index (χ3n) is 2.81. The van der Waals surface area contributed by atoms with E-state index < -0.39 is 0 Å². The maximum Gasteiger partial charge on any atom is 0.238 e. The molecule has 0 saturated heterocycles. The van der Waals surface area contributed by atoms with Gasteiger partial charge in [0.1, 0.15) is 0 Å². The standard InChI is InChI=1S/C15H15Cl2N3O/c1-10-5-6-11(8-19-10)7-18-9-14(21)20-15-12(16)3-2-4-13(15)17/h2-6,8,18H,7,9H2,1H3,(H,20,21). The molecule has 1 aromatic heterocycles. The summed E-state index contributed by atoms with van der Waals surface area (Å²) >= 11 is 12.0. The Hall–Kier alpha value is -1.62. The molecule has 0 spiro atoms. The Morgan fingerprint density at radius 2 is 1.90 bits per heavy atom. The normalized spacial score (nSPS) is 10.4. The van der Waals surface area contributed by atoms with Crippen LogP contribution in [0.5, 0.6) is 0 Å². The largest absolute Gasteiger partial charge is 0.322 e. The van der Waals surface area contributed by atoms with Crippen LogP contribution in [0.3, 0.4) is 0 Å². The molecule has 0 aliphatic carbocycles. The van der Waals surface area contributed by atoms with Crippen LogP contribution in [-0.4, -0.2) is 17.4 Å². The molecule has 0 fully saturated rings. The summed E-state index contributed by atoms with van der Waals surface area (Å²) in [6.07, 6.45) is 1.78. The van der Waals surface area contributed by atoms with Crippen LogP contribution in [0.15, 0.2) is 36.5 Å². The molecule has 0 saturated carbocycles. The number of aromatic nitrogens is 1. The number of hydrogen-bond donors (Lipinski definition) is 2. The van der Waals surface area contributed by atoms with Gasteiger partial charge in [0.25, 0.3) is 0 Å². The maximum absolute atomic E-state index is 11.9. The zero-order valence-electron chi connectivity index (χ0n) is 11.5. The van der Waals surface area contributed by atoms with Gasteiger partial charge in [-0.15, -0.1) is 0 Å². The van der Waals surface area contributed by atoms with E-state index in [-0.39, 0.29) is 12.5 Å². The van der Waals surface area contributed by atoms with Gasteiger partial charge >= 0.3 is 0 Å². The third-order valence-corrected chi connectivity index (χ3v) is 3.44. The van der Waals surface area contributed by atoms with Crippen molar-refractivity contribution in [2.45, 2.75) is 13.5 Å². The first kappa shape index (κ1) is 15.8. The lowest BCUT2D eigenvalue weighted by Crippen LogP contribution is -2.28. The van der Waals surface area contributed by atoms with Crippen molar-refractivity contribution in [1.29, 1.82) is 0 Å². The lowest BCUT2D eigenvalue weighted by Gasteiger charge is -2.09. The molecule has 2 N–H and O–H groups in total. The molecule has 0 atom stereocenters. The lowest BCUT2D eigenvalue weighted by atomic mass is 10.2. The Morgan fingerprint density at radius 3 is 2.52 bits per heavy atom. The van der Waals surface area contributed by atoms with Crippen molar-refractivity contribution in [1.82, 2.24) is 10.3 Å². The molecular weight excluding hydrogens is 309 g/mol. The molecule has 21 heavy (non-hydrogen) atoms. The van der Waals surface area contributed by atoms with Crippen molar-refractivity contribution in [2.75, 3.05) is 11.9 Å². The first-order valence-corrected chi connectivity index (χ1v) is 7.18. The molecule has 6 heteroatoms.